The van der Waals surface area contributed by atoms with Gasteiger partial charge >= 0.3 is 0 Å². The summed E-state index contributed by atoms with van der Waals surface area (Å²) in [5.74, 6) is 1.64. The lowest BCUT2D eigenvalue weighted by molar-refractivity contribution is 0.00537. The summed E-state index contributed by atoms with van der Waals surface area (Å²) in [5, 5.41) is 0. The fraction of sp³-hybridized carbons (Fsp3) is 0.600. The Balaban J connectivity index is 2.69. The SMILES string of the molecule is COc1ccc(CCN)c(OCCC(C)(C)OC)c1. The highest BCUT2D eigenvalue weighted by atomic mass is 16.5. The van der Waals surface area contributed by atoms with Gasteiger partial charge in [-0.05, 0) is 38.4 Å². The average molecular weight is 267 g/mol. The van der Waals surface area contributed by atoms with E-state index in [2.05, 4.69) is 0 Å². The lowest BCUT2D eigenvalue weighted by Crippen LogP contribution is -2.25. The summed E-state index contributed by atoms with van der Waals surface area (Å²) in [4.78, 5) is 0. The lowest BCUT2D eigenvalue weighted by atomic mass is 10.1. The molecule has 1 aromatic carbocycles. The first kappa shape index (κ1) is 15.8. The van der Waals surface area contributed by atoms with E-state index in [-0.39, 0.29) is 5.60 Å². The van der Waals surface area contributed by atoms with Crippen LogP contribution in [0.4, 0.5) is 0 Å². The van der Waals surface area contributed by atoms with E-state index in [1.165, 1.54) is 0 Å². The second-order valence-corrected chi connectivity index (χ2v) is 5.07. The van der Waals surface area contributed by atoms with E-state index in [0.29, 0.717) is 13.2 Å². The molecule has 0 radical (unpaired) electrons. The molecule has 0 aromatic heterocycles. The van der Waals surface area contributed by atoms with Crippen LogP contribution in [-0.2, 0) is 11.2 Å². The fourth-order valence-corrected chi connectivity index (χ4v) is 1.67. The molecule has 0 aliphatic rings. The monoisotopic (exact) mass is 267 g/mol. The topological polar surface area (TPSA) is 53.7 Å². The Bertz CT molecular complexity index is 391. The summed E-state index contributed by atoms with van der Waals surface area (Å²) in [7, 11) is 3.36. The smallest absolute Gasteiger partial charge is 0.126 e. The number of rotatable bonds is 8. The van der Waals surface area contributed by atoms with Gasteiger partial charge in [0, 0.05) is 19.6 Å². The van der Waals surface area contributed by atoms with Gasteiger partial charge in [0.05, 0.1) is 19.3 Å². The van der Waals surface area contributed by atoms with Crippen LogP contribution in [0.2, 0.25) is 0 Å². The molecular formula is C15H25NO3. The van der Waals surface area contributed by atoms with Crippen LogP contribution in [0.15, 0.2) is 18.2 Å². The van der Waals surface area contributed by atoms with E-state index < -0.39 is 0 Å². The van der Waals surface area contributed by atoms with Crippen LogP contribution >= 0.6 is 0 Å². The predicted molar refractivity (Wildman–Crippen MR) is 77.0 cm³/mol. The van der Waals surface area contributed by atoms with E-state index in [1.54, 1.807) is 14.2 Å². The van der Waals surface area contributed by atoms with Crippen LogP contribution in [0.5, 0.6) is 11.5 Å². The number of benzene rings is 1. The van der Waals surface area contributed by atoms with E-state index >= 15 is 0 Å². The van der Waals surface area contributed by atoms with Crippen molar-refractivity contribution in [3.05, 3.63) is 23.8 Å². The summed E-state index contributed by atoms with van der Waals surface area (Å²) < 4.78 is 16.4. The first-order valence-corrected chi connectivity index (χ1v) is 6.57. The van der Waals surface area contributed by atoms with Crippen molar-refractivity contribution in [1.82, 2.24) is 0 Å². The molecule has 0 saturated carbocycles. The molecule has 0 spiro atoms. The first-order chi connectivity index (χ1) is 9.02. The minimum atomic E-state index is -0.174. The third-order valence-corrected chi connectivity index (χ3v) is 3.20. The largest absolute Gasteiger partial charge is 0.497 e. The third kappa shape index (κ3) is 5.09. The van der Waals surface area contributed by atoms with Gasteiger partial charge in [-0.15, -0.1) is 0 Å². The van der Waals surface area contributed by atoms with E-state index in [9.17, 15) is 0 Å². The zero-order valence-electron chi connectivity index (χ0n) is 12.4. The van der Waals surface area contributed by atoms with Gasteiger partial charge < -0.3 is 19.9 Å². The normalized spacial score (nSPS) is 11.4. The van der Waals surface area contributed by atoms with E-state index in [0.717, 1.165) is 29.9 Å². The Morgan fingerprint density at radius 3 is 2.53 bits per heavy atom. The molecule has 1 aromatic rings. The van der Waals surface area contributed by atoms with Crippen molar-refractivity contribution in [2.75, 3.05) is 27.4 Å². The van der Waals surface area contributed by atoms with Crippen molar-refractivity contribution in [3.8, 4) is 11.5 Å². The molecule has 0 bridgehead atoms. The molecule has 108 valence electrons. The molecule has 19 heavy (non-hydrogen) atoms. The highest BCUT2D eigenvalue weighted by molar-refractivity contribution is 5.41. The molecule has 2 N–H and O–H groups in total. The second-order valence-electron chi connectivity index (χ2n) is 5.07. The van der Waals surface area contributed by atoms with Crippen molar-refractivity contribution >= 4 is 0 Å². The van der Waals surface area contributed by atoms with Gasteiger partial charge in [0.25, 0.3) is 0 Å². The number of methoxy groups -OCH3 is 2. The van der Waals surface area contributed by atoms with Crippen molar-refractivity contribution in [1.29, 1.82) is 0 Å². The molecule has 0 unspecified atom stereocenters. The standard InChI is InChI=1S/C15H25NO3/c1-15(2,18-4)8-10-19-14-11-13(17-3)6-5-12(14)7-9-16/h5-6,11H,7-10,16H2,1-4H3. The van der Waals surface area contributed by atoms with Gasteiger partial charge in [-0.1, -0.05) is 6.07 Å². The van der Waals surface area contributed by atoms with Gasteiger partial charge in [0.2, 0.25) is 0 Å². The average Bonchev–Trinajstić information content (AvgIpc) is 2.40. The summed E-state index contributed by atoms with van der Waals surface area (Å²) in [5.41, 5.74) is 6.55. The Hall–Kier alpha value is -1.26. The van der Waals surface area contributed by atoms with Crippen LogP contribution < -0.4 is 15.2 Å². The Kier molecular flexibility index (Phi) is 6.12. The molecule has 0 fully saturated rings. The fourth-order valence-electron chi connectivity index (χ4n) is 1.67. The molecule has 1 rings (SSSR count). The summed E-state index contributed by atoms with van der Waals surface area (Å²) >= 11 is 0. The predicted octanol–water partition coefficient (Wildman–Crippen LogP) is 2.39. The molecule has 0 aliphatic carbocycles. The number of ether oxygens (including phenoxy) is 3. The minimum absolute atomic E-state index is 0.174. The van der Waals surface area contributed by atoms with Crippen molar-refractivity contribution < 1.29 is 14.2 Å². The summed E-state index contributed by atoms with van der Waals surface area (Å²) in [6.45, 7) is 5.29. The minimum Gasteiger partial charge on any atom is -0.497 e. The Morgan fingerprint density at radius 1 is 1.21 bits per heavy atom. The van der Waals surface area contributed by atoms with Crippen LogP contribution in [0, 0.1) is 0 Å². The zero-order valence-corrected chi connectivity index (χ0v) is 12.4. The molecule has 0 aliphatic heterocycles. The molecule has 0 saturated heterocycles. The van der Waals surface area contributed by atoms with Gasteiger partial charge in [-0.25, -0.2) is 0 Å². The molecule has 0 heterocycles. The van der Waals surface area contributed by atoms with Crippen molar-refractivity contribution in [2.45, 2.75) is 32.3 Å². The maximum absolute atomic E-state index is 5.85. The molecular weight excluding hydrogens is 242 g/mol. The highest BCUT2D eigenvalue weighted by Gasteiger charge is 2.16. The Morgan fingerprint density at radius 2 is 1.95 bits per heavy atom. The first-order valence-electron chi connectivity index (χ1n) is 6.57. The zero-order chi connectivity index (χ0) is 14.3. The van der Waals surface area contributed by atoms with Gasteiger partial charge in [-0.2, -0.15) is 0 Å². The lowest BCUT2D eigenvalue weighted by Gasteiger charge is -2.23. The summed E-state index contributed by atoms with van der Waals surface area (Å²) in [6.07, 6.45) is 1.62. The van der Waals surface area contributed by atoms with E-state index in [4.69, 9.17) is 19.9 Å². The molecule has 0 atom stereocenters. The molecule has 0 amide bonds. The van der Waals surface area contributed by atoms with Crippen molar-refractivity contribution in [3.63, 3.8) is 0 Å². The van der Waals surface area contributed by atoms with Crippen LogP contribution in [-0.4, -0.2) is 33.0 Å². The number of hydrogen-bond donors (Lipinski definition) is 1. The van der Waals surface area contributed by atoms with Crippen LogP contribution in [0.25, 0.3) is 0 Å². The van der Waals surface area contributed by atoms with Gasteiger partial charge in [-0.3, -0.25) is 0 Å². The van der Waals surface area contributed by atoms with Gasteiger partial charge in [0.15, 0.2) is 0 Å². The number of nitrogens with two attached hydrogens (primary N) is 1. The molecule has 4 nitrogen and oxygen atoms in total. The van der Waals surface area contributed by atoms with Gasteiger partial charge in [0.1, 0.15) is 11.5 Å². The third-order valence-electron chi connectivity index (χ3n) is 3.20. The maximum atomic E-state index is 5.85. The summed E-state index contributed by atoms with van der Waals surface area (Å²) in [6, 6.07) is 5.84. The number of hydrogen-bond acceptors (Lipinski definition) is 4. The second kappa shape index (κ2) is 7.36. The van der Waals surface area contributed by atoms with Crippen molar-refractivity contribution in [2.24, 2.45) is 5.73 Å². The van der Waals surface area contributed by atoms with E-state index in [1.807, 2.05) is 32.0 Å². The quantitative estimate of drug-likeness (QED) is 0.785. The Labute approximate surface area is 115 Å². The highest BCUT2D eigenvalue weighted by Crippen LogP contribution is 2.26. The van der Waals surface area contributed by atoms with Crippen LogP contribution in [0.1, 0.15) is 25.8 Å². The molecule has 4 heteroatoms. The van der Waals surface area contributed by atoms with Crippen LogP contribution in [0.3, 0.4) is 0 Å². The maximum Gasteiger partial charge on any atom is 0.126 e.